The van der Waals surface area contributed by atoms with Gasteiger partial charge in [0.25, 0.3) is 0 Å². The van der Waals surface area contributed by atoms with E-state index >= 15 is 0 Å². The van der Waals surface area contributed by atoms with Crippen LogP contribution in [0.15, 0.2) is 51.4 Å². The van der Waals surface area contributed by atoms with Crippen molar-refractivity contribution < 1.29 is 0 Å². The van der Waals surface area contributed by atoms with E-state index in [1.165, 1.54) is 21.2 Å². The smallest absolute Gasteiger partial charge is 0.0306 e. The SMILES string of the molecule is Cc1ccc(CN[C@@H](C)c2ccccc2Br)cc1Br. The van der Waals surface area contributed by atoms with Gasteiger partial charge in [0.05, 0.1) is 0 Å². The molecule has 0 fully saturated rings. The predicted octanol–water partition coefficient (Wildman–Crippen LogP) is 5.37. The Kier molecular flexibility index (Phi) is 5.20. The third-order valence-corrected chi connectivity index (χ3v) is 4.80. The zero-order valence-corrected chi connectivity index (χ0v) is 14.3. The van der Waals surface area contributed by atoms with Gasteiger partial charge in [0.15, 0.2) is 0 Å². The van der Waals surface area contributed by atoms with Crippen LogP contribution in [0.1, 0.15) is 29.7 Å². The summed E-state index contributed by atoms with van der Waals surface area (Å²) in [5.41, 5.74) is 3.84. The summed E-state index contributed by atoms with van der Waals surface area (Å²) in [4.78, 5) is 0. The van der Waals surface area contributed by atoms with E-state index in [4.69, 9.17) is 0 Å². The lowest BCUT2D eigenvalue weighted by Crippen LogP contribution is -2.18. The number of hydrogen-bond donors (Lipinski definition) is 1. The number of rotatable bonds is 4. The fourth-order valence-corrected chi connectivity index (χ4v) is 3.01. The van der Waals surface area contributed by atoms with Crippen molar-refractivity contribution in [2.24, 2.45) is 0 Å². The summed E-state index contributed by atoms with van der Waals surface area (Å²) in [5, 5.41) is 3.55. The highest BCUT2D eigenvalue weighted by atomic mass is 79.9. The molecule has 1 nitrogen and oxygen atoms in total. The summed E-state index contributed by atoms with van der Waals surface area (Å²) >= 11 is 7.17. The highest BCUT2D eigenvalue weighted by molar-refractivity contribution is 9.10. The van der Waals surface area contributed by atoms with Crippen LogP contribution in [0.2, 0.25) is 0 Å². The first-order valence-electron chi connectivity index (χ1n) is 6.31. The molecule has 1 N–H and O–H groups in total. The van der Waals surface area contributed by atoms with Gasteiger partial charge in [-0.05, 0) is 42.7 Å². The second kappa shape index (κ2) is 6.69. The van der Waals surface area contributed by atoms with Crippen LogP contribution >= 0.6 is 31.9 Å². The molecule has 2 rings (SSSR count). The van der Waals surface area contributed by atoms with E-state index < -0.39 is 0 Å². The monoisotopic (exact) mass is 381 g/mol. The van der Waals surface area contributed by atoms with Crippen molar-refractivity contribution in [2.45, 2.75) is 26.4 Å². The molecular weight excluding hydrogens is 366 g/mol. The van der Waals surface area contributed by atoms with Crippen molar-refractivity contribution in [3.05, 3.63) is 68.1 Å². The standard InChI is InChI=1S/C16H17Br2N/c1-11-7-8-13(9-16(11)18)10-19-12(2)14-5-3-4-6-15(14)17/h3-9,12,19H,10H2,1-2H3/t12-/m0/s1. The summed E-state index contributed by atoms with van der Waals surface area (Å²) in [5.74, 6) is 0. The van der Waals surface area contributed by atoms with E-state index in [-0.39, 0.29) is 0 Å². The van der Waals surface area contributed by atoms with Gasteiger partial charge in [0.2, 0.25) is 0 Å². The Balaban J connectivity index is 2.02. The Morgan fingerprint density at radius 3 is 2.47 bits per heavy atom. The molecule has 2 aromatic rings. The summed E-state index contributed by atoms with van der Waals surface area (Å²) in [6, 6.07) is 15.1. The molecule has 0 amide bonds. The zero-order valence-electron chi connectivity index (χ0n) is 11.1. The maximum Gasteiger partial charge on any atom is 0.0306 e. The van der Waals surface area contributed by atoms with Gasteiger partial charge in [-0.25, -0.2) is 0 Å². The molecule has 0 aliphatic heterocycles. The molecule has 100 valence electrons. The van der Waals surface area contributed by atoms with E-state index in [0.29, 0.717) is 6.04 Å². The van der Waals surface area contributed by atoms with Crippen LogP contribution < -0.4 is 5.32 Å². The molecule has 0 unspecified atom stereocenters. The molecule has 3 heteroatoms. The summed E-state index contributed by atoms with van der Waals surface area (Å²) in [7, 11) is 0. The van der Waals surface area contributed by atoms with Crippen molar-refractivity contribution in [1.29, 1.82) is 0 Å². The number of hydrogen-bond acceptors (Lipinski definition) is 1. The third kappa shape index (κ3) is 3.91. The van der Waals surface area contributed by atoms with Crippen LogP contribution in [0.25, 0.3) is 0 Å². The van der Waals surface area contributed by atoms with Crippen LogP contribution in [-0.2, 0) is 6.54 Å². The van der Waals surface area contributed by atoms with E-state index in [9.17, 15) is 0 Å². The minimum absolute atomic E-state index is 0.315. The molecule has 0 saturated carbocycles. The molecule has 0 bridgehead atoms. The van der Waals surface area contributed by atoms with Crippen molar-refractivity contribution in [2.75, 3.05) is 0 Å². The first-order chi connectivity index (χ1) is 9.08. The highest BCUT2D eigenvalue weighted by Crippen LogP contribution is 2.23. The van der Waals surface area contributed by atoms with Crippen LogP contribution in [0.3, 0.4) is 0 Å². The van der Waals surface area contributed by atoms with Crippen LogP contribution in [0, 0.1) is 6.92 Å². The van der Waals surface area contributed by atoms with Crippen LogP contribution in [0.4, 0.5) is 0 Å². The molecule has 0 radical (unpaired) electrons. The molecule has 19 heavy (non-hydrogen) atoms. The van der Waals surface area contributed by atoms with Crippen molar-refractivity contribution >= 4 is 31.9 Å². The van der Waals surface area contributed by atoms with Crippen LogP contribution in [-0.4, -0.2) is 0 Å². The minimum Gasteiger partial charge on any atom is -0.306 e. The van der Waals surface area contributed by atoms with Crippen molar-refractivity contribution in [3.8, 4) is 0 Å². The maximum absolute atomic E-state index is 3.60. The normalized spacial score (nSPS) is 12.4. The van der Waals surface area contributed by atoms with Crippen molar-refractivity contribution in [1.82, 2.24) is 5.32 Å². The average Bonchev–Trinajstić information content (AvgIpc) is 2.40. The molecule has 0 aromatic heterocycles. The van der Waals surface area contributed by atoms with Crippen molar-refractivity contribution in [3.63, 3.8) is 0 Å². The van der Waals surface area contributed by atoms with Gasteiger partial charge in [-0.3, -0.25) is 0 Å². The number of aryl methyl sites for hydroxylation is 1. The third-order valence-electron chi connectivity index (χ3n) is 3.22. The molecule has 0 spiro atoms. The average molecular weight is 383 g/mol. The van der Waals surface area contributed by atoms with E-state index in [2.05, 4.69) is 87.4 Å². The van der Waals surface area contributed by atoms with E-state index in [1.54, 1.807) is 0 Å². The summed E-state index contributed by atoms with van der Waals surface area (Å²) in [6.07, 6.45) is 0. The predicted molar refractivity (Wildman–Crippen MR) is 88.3 cm³/mol. The first-order valence-corrected chi connectivity index (χ1v) is 7.89. The summed E-state index contributed by atoms with van der Waals surface area (Å²) in [6.45, 7) is 5.15. The van der Waals surface area contributed by atoms with Gasteiger partial charge in [0.1, 0.15) is 0 Å². The summed E-state index contributed by atoms with van der Waals surface area (Å²) < 4.78 is 2.32. The zero-order chi connectivity index (χ0) is 13.8. The Morgan fingerprint density at radius 2 is 1.79 bits per heavy atom. The quantitative estimate of drug-likeness (QED) is 0.749. The molecule has 0 saturated heterocycles. The minimum atomic E-state index is 0.315. The largest absolute Gasteiger partial charge is 0.306 e. The number of halogens is 2. The number of benzene rings is 2. The van der Waals surface area contributed by atoms with Gasteiger partial charge < -0.3 is 5.32 Å². The Bertz CT molecular complexity index is 566. The highest BCUT2D eigenvalue weighted by Gasteiger charge is 2.08. The lowest BCUT2D eigenvalue weighted by atomic mass is 10.1. The Morgan fingerprint density at radius 1 is 1.05 bits per heavy atom. The topological polar surface area (TPSA) is 12.0 Å². The van der Waals surface area contributed by atoms with Gasteiger partial charge in [0, 0.05) is 21.5 Å². The van der Waals surface area contributed by atoms with Crippen LogP contribution in [0.5, 0.6) is 0 Å². The fraction of sp³-hybridized carbons (Fsp3) is 0.250. The van der Waals surface area contributed by atoms with Gasteiger partial charge in [-0.1, -0.05) is 62.2 Å². The molecule has 0 aliphatic carbocycles. The van der Waals surface area contributed by atoms with Gasteiger partial charge in [-0.15, -0.1) is 0 Å². The van der Waals surface area contributed by atoms with E-state index in [1.807, 2.05) is 6.07 Å². The van der Waals surface area contributed by atoms with Gasteiger partial charge in [-0.2, -0.15) is 0 Å². The fourth-order valence-electron chi connectivity index (χ4n) is 1.95. The molecule has 0 aliphatic rings. The molecule has 0 heterocycles. The maximum atomic E-state index is 3.60. The molecular formula is C16H17Br2N. The lowest BCUT2D eigenvalue weighted by molar-refractivity contribution is 0.572. The first kappa shape index (κ1) is 14.8. The van der Waals surface area contributed by atoms with Gasteiger partial charge >= 0.3 is 0 Å². The Labute approximate surface area is 131 Å². The second-order valence-electron chi connectivity index (χ2n) is 4.71. The Hall–Kier alpha value is -0.640. The second-order valence-corrected chi connectivity index (χ2v) is 6.42. The lowest BCUT2D eigenvalue weighted by Gasteiger charge is -2.16. The molecule has 2 aromatic carbocycles. The number of nitrogens with one attached hydrogen (secondary N) is 1. The van der Waals surface area contributed by atoms with E-state index in [0.717, 1.165) is 11.0 Å². The molecule has 1 atom stereocenters.